The molecule has 3 aliphatic rings. The number of fused-ring (bicyclic) bond motifs is 5. The molecule has 3 unspecified atom stereocenters. The van der Waals surface area contributed by atoms with Gasteiger partial charge in [-0.3, -0.25) is 14.4 Å². The summed E-state index contributed by atoms with van der Waals surface area (Å²) >= 11 is 0. The molecular weight excluding hydrogens is 380 g/mol. The number of primary amides is 1. The Morgan fingerprint density at radius 3 is 2.72 bits per heavy atom. The van der Waals surface area contributed by atoms with Crippen LogP contribution in [0.5, 0.6) is 0 Å². The summed E-state index contributed by atoms with van der Waals surface area (Å²) in [6.07, 6.45) is 1.54. The van der Waals surface area contributed by atoms with Crippen LogP contribution in [0.3, 0.4) is 0 Å². The molecule has 0 fully saturated rings. The van der Waals surface area contributed by atoms with Crippen LogP contribution in [-0.2, 0) is 16.0 Å². The van der Waals surface area contributed by atoms with Gasteiger partial charge in [-0.25, -0.2) is 4.98 Å². The number of aliphatic hydroxyl groups excluding tert-OH is 2. The van der Waals surface area contributed by atoms with E-state index in [1.54, 1.807) is 12.1 Å². The molecule has 2 aromatic rings. The van der Waals surface area contributed by atoms with Gasteiger partial charge in [-0.1, -0.05) is 6.07 Å². The number of nitrogens with zero attached hydrogens (tertiary/aromatic N) is 1. The monoisotopic (exact) mass is 396 g/mol. The van der Waals surface area contributed by atoms with Crippen molar-refractivity contribution in [2.45, 2.75) is 24.9 Å². The number of benzene rings is 1. The average molecular weight is 396 g/mol. The van der Waals surface area contributed by atoms with Crippen molar-refractivity contribution in [3.05, 3.63) is 52.3 Å². The van der Waals surface area contributed by atoms with Crippen LogP contribution in [0.1, 0.15) is 28.8 Å². The molecule has 0 saturated heterocycles. The molecule has 5 N–H and O–H groups in total. The average Bonchev–Trinajstić information content (AvgIpc) is 3.13. The summed E-state index contributed by atoms with van der Waals surface area (Å²) in [4.78, 5) is 41.8. The number of ketones is 2. The Balaban J connectivity index is 1.72. The van der Waals surface area contributed by atoms with E-state index >= 15 is 0 Å². The van der Waals surface area contributed by atoms with E-state index in [1.165, 1.54) is 6.39 Å². The first kappa shape index (κ1) is 17.6. The smallest absolute Gasteiger partial charge is 0.255 e. The minimum atomic E-state index is -2.50. The lowest BCUT2D eigenvalue weighted by atomic mass is 9.60. The lowest BCUT2D eigenvalue weighted by Gasteiger charge is -2.45. The summed E-state index contributed by atoms with van der Waals surface area (Å²) in [6, 6.07) is 3.50. The van der Waals surface area contributed by atoms with E-state index in [1.807, 2.05) is 0 Å². The Morgan fingerprint density at radius 2 is 2.00 bits per heavy atom. The maximum Gasteiger partial charge on any atom is 0.255 e. The zero-order valence-electron chi connectivity index (χ0n) is 15.0. The first-order valence-corrected chi connectivity index (χ1v) is 9.07. The number of amides is 1. The third-order valence-electron chi connectivity index (χ3n) is 6.26. The molecule has 1 aromatic carbocycles. The number of aromatic nitrogens is 1. The van der Waals surface area contributed by atoms with Crippen LogP contribution in [0.25, 0.3) is 11.1 Å². The number of carbonyl (C=O) groups excluding carboxylic acids is 3. The molecule has 3 atom stereocenters. The molecule has 148 valence electrons. The van der Waals surface area contributed by atoms with Gasteiger partial charge in [0.15, 0.2) is 23.4 Å². The quantitative estimate of drug-likeness (QED) is 0.519. The van der Waals surface area contributed by atoms with Gasteiger partial charge in [0.25, 0.3) is 5.91 Å². The highest BCUT2D eigenvalue weighted by molar-refractivity contribution is 6.24. The number of carbonyl (C=O) groups is 3. The molecule has 0 saturated carbocycles. The van der Waals surface area contributed by atoms with Crippen molar-refractivity contribution < 1.29 is 34.1 Å². The van der Waals surface area contributed by atoms with Gasteiger partial charge < -0.3 is 25.5 Å². The van der Waals surface area contributed by atoms with Gasteiger partial charge >= 0.3 is 0 Å². The van der Waals surface area contributed by atoms with Gasteiger partial charge in [0.1, 0.15) is 22.6 Å². The number of Topliss-reactive ketones (excluding diaryl/α,β-unsaturated/α-hetero) is 2. The lowest BCUT2D eigenvalue weighted by Crippen LogP contribution is -2.57. The lowest BCUT2D eigenvalue weighted by molar-refractivity contribution is -0.144. The molecule has 9 nitrogen and oxygen atoms in total. The molecule has 29 heavy (non-hydrogen) atoms. The molecule has 0 radical (unpaired) electrons. The Bertz CT molecular complexity index is 1200. The maximum atomic E-state index is 13.3. The van der Waals surface area contributed by atoms with Crippen molar-refractivity contribution in [2.24, 2.45) is 17.6 Å². The molecular formula is C20H16N2O7. The SMILES string of the molecule is NC(=O)C1=C(O)CC2CC3Cc4ccc5ncoc5c4C(=O)C3=C(O)C2(O)C1=O. The van der Waals surface area contributed by atoms with Gasteiger partial charge in [0.05, 0.1) is 5.56 Å². The van der Waals surface area contributed by atoms with E-state index in [4.69, 9.17) is 10.2 Å². The Labute approximate surface area is 163 Å². The second-order valence-corrected chi connectivity index (χ2v) is 7.71. The fourth-order valence-electron chi connectivity index (χ4n) is 4.93. The molecule has 0 spiro atoms. The van der Waals surface area contributed by atoms with Gasteiger partial charge in [-0.15, -0.1) is 0 Å². The predicted molar refractivity (Wildman–Crippen MR) is 96.7 cm³/mol. The summed E-state index contributed by atoms with van der Waals surface area (Å²) in [5, 5.41) is 32.2. The number of allylic oxidation sites excluding steroid dienone is 2. The highest BCUT2D eigenvalue weighted by atomic mass is 16.3. The summed E-state index contributed by atoms with van der Waals surface area (Å²) in [7, 11) is 0. The summed E-state index contributed by atoms with van der Waals surface area (Å²) < 4.78 is 5.35. The second-order valence-electron chi connectivity index (χ2n) is 7.71. The van der Waals surface area contributed by atoms with Crippen LogP contribution in [0.2, 0.25) is 0 Å². The van der Waals surface area contributed by atoms with Crippen LogP contribution >= 0.6 is 0 Å². The van der Waals surface area contributed by atoms with E-state index in [-0.39, 0.29) is 29.6 Å². The van der Waals surface area contributed by atoms with Crippen LogP contribution in [-0.4, -0.2) is 43.4 Å². The Morgan fingerprint density at radius 1 is 1.24 bits per heavy atom. The van der Waals surface area contributed by atoms with E-state index in [0.29, 0.717) is 17.5 Å². The fraction of sp³-hybridized carbons (Fsp3) is 0.300. The number of rotatable bonds is 1. The van der Waals surface area contributed by atoms with Crippen LogP contribution in [0.15, 0.2) is 45.6 Å². The fourth-order valence-corrected chi connectivity index (χ4v) is 4.93. The maximum absolute atomic E-state index is 13.3. The highest BCUT2D eigenvalue weighted by Gasteiger charge is 2.59. The second kappa shape index (κ2) is 5.54. The topological polar surface area (TPSA) is 164 Å². The summed E-state index contributed by atoms with van der Waals surface area (Å²) in [5.41, 5.74) is 3.53. The predicted octanol–water partition coefficient (Wildman–Crippen LogP) is 1.02. The van der Waals surface area contributed by atoms with Crippen molar-refractivity contribution in [3.63, 3.8) is 0 Å². The Kier molecular flexibility index (Phi) is 3.37. The van der Waals surface area contributed by atoms with Crippen LogP contribution in [0.4, 0.5) is 0 Å². The molecule has 0 aliphatic heterocycles. The third kappa shape index (κ3) is 2.07. The molecule has 3 aliphatic carbocycles. The zero-order chi connectivity index (χ0) is 20.7. The Hall–Kier alpha value is -3.46. The van der Waals surface area contributed by atoms with E-state index in [2.05, 4.69) is 4.98 Å². The standard InChI is InChI=1S/C20H16N2O7/c21-19(27)14-11(23)5-9-4-8-3-7-1-2-10-16(29-6-22-10)12(7)15(24)13(8)17(25)20(9,28)18(14)26/h1-2,6,8-9,23,25,28H,3-5H2,(H2,21,27). The van der Waals surface area contributed by atoms with Crippen molar-refractivity contribution in [3.8, 4) is 0 Å². The minimum absolute atomic E-state index is 0.0845. The molecule has 9 heteroatoms. The number of aliphatic hydroxyl groups is 3. The van der Waals surface area contributed by atoms with Crippen LogP contribution < -0.4 is 5.73 Å². The molecule has 1 amide bonds. The number of hydrogen-bond acceptors (Lipinski definition) is 8. The number of hydrogen-bond donors (Lipinski definition) is 4. The zero-order valence-corrected chi connectivity index (χ0v) is 15.0. The largest absolute Gasteiger partial charge is 0.511 e. The highest BCUT2D eigenvalue weighted by Crippen LogP contribution is 2.51. The normalized spacial score (nSPS) is 29.0. The van der Waals surface area contributed by atoms with Gasteiger partial charge in [-0.05, 0) is 30.4 Å². The summed E-state index contributed by atoms with van der Waals surface area (Å²) in [5.74, 6) is -5.62. The van der Waals surface area contributed by atoms with Gasteiger partial charge in [0, 0.05) is 17.9 Å². The first-order chi connectivity index (χ1) is 13.7. The minimum Gasteiger partial charge on any atom is -0.511 e. The van der Waals surface area contributed by atoms with Crippen molar-refractivity contribution in [1.82, 2.24) is 4.98 Å². The van der Waals surface area contributed by atoms with Gasteiger partial charge in [0.2, 0.25) is 5.78 Å². The van der Waals surface area contributed by atoms with Crippen molar-refractivity contribution >= 4 is 28.6 Å². The third-order valence-corrected chi connectivity index (χ3v) is 6.26. The number of oxazole rings is 1. The molecule has 1 heterocycles. The van der Waals surface area contributed by atoms with Crippen molar-refractivity contribution in [2.75, 3.05) is 0 Å². The van der Waals surface area contributed by atoms with E-state index in [0.717, 1.165) is 0 Å². The van der Waals surface area contributed by atoms with E-state index < -0.39 is 52.0 Å². The molecule has 1 aromatic heterocycles. The van der Waals surface area contributed by atoms with Crippen LogP contribution in [0, 0.1) is 11.8 Å². The van der Waals surface area contributed by atoms with Crippen molar-refractivity contribution in [1.29, 1.82) is 0 Å². The molecule has 0 bridgehead atoms. The van der Waals surface area contributed by atoms with Gasteiger partial charge in [-0.2, -0.15) is 0 Å². The first-order valence-electron chi connectivity index (χ1n) is 9.07. The number of nitrogens with two attached hydrogens (primary N) is 1. The molecule has 5 rings (SSSR count). The van der Waals surface area contributed by atoms with E-state index in [9.17, 15) is 29.7 Å². The summed E-state index contributed by atoms with van der Waals surface area (Å²) in [6.45, 7) is 0.